The van der Waals surface area contributed by atoms with Gasteiger partial charge in [0.05, 0.1) is 0 Å². The highest BCUT2D eigenvalue weighted by Crippen LogP contribution is 2.31. The van der Waals surface area contributed by atoms with E-state index >= 15 is 0 Å². The van der Waals surface area contributed by atoms with Gasteiger partial charge in [-0.2, -0.15) is 5.26 Å². The smallest absolute Gasteiger partial charge is 0.261 e. The highest BCUT2D eigenvalue weighted by Gasteiger charge is 2.13. The quantitative estimate of drug-likeness (QED) is 0.472. The summed E-state index contributed by atoms with van der Waals surface area (Å²) in [7, 11) is 0. The molecule has 2 rings (SSSR count). The molecule has 122 valence electrons. The van der Waals surface area contributed by atoms with Crippen LogP contribution in [0.15, 0.2) is 23.8 Å². The van der Waals surface area contributed by atoms with E-state index in [-0.39, 0.29) is 11.5 Å². The largest absolute Gasteiger partial charge is 0.486 e. The summed E-state index contributed by atoms with van der Waals surface area (Å²) >= 11 is 0. The normalized spacial score (nSPS) is 13.3. The van der Waals surface area contributed by atoms with Crippen molar-refractivity contribution in [3.05, 3.63) is 29.3 Å². The first-order valence-electron chi connectivity index (χ1n) is 7.62. The van der Waals surface area contributed by atoms with E-state index in [1.54, 1.807) is 18.2 Å². The van der Waals surface area contributed by atoms with Crippen LogP contribution in [0.2, 0.25) is 0 Å². The Hall–Kier alpha value is -2.52. The van der Waals surface area contributed by atoms with Crippen LogP contribution in [0.1, 0.15) is 18.9 Å². The van der Waals surface area contributed by atoms with Crippen LogP contribution in [0, 0.1) is 11.3 Å². The number of ether oxygens (including phenoxy) is 3. The van der Waals surface area contributed by atoms with Gasteiger partial charge in [-0.15, -0.1) is 0 Å². The molecule has 0 spiro atoms. The Kier molecular flexibility index (Phi) is 6.45. The lowest BCUT2D eigenvalue weighted by Crippen LogP contribution is -2.26. The molecular formula is C17H20N2O4. The summed E-state index contributed by atoms with van der Waals surface area (Å²) in [6.45, 7) is 4.65. The van der Waals surface area contributed by atoms with E-state index in [0.717, 1.165) is 5.56 Å². The molecule has 23 heavy (non-hydrogen) atoms. The average molecular weight is 316 g/mol. The zero-order chi connectivity index (χ0) is 16.5. The van der Waals surface area contributed by atoms with Crippen molar-refractivity contribution in [2.24, 2.45) is 0 Å². The van der Waals surface area contributed by atoms with Gasteiger partial charge in [0.15, 0.2) is 11.5 Å². The van der Waals surface area contributed by atoms with E-state index in [4.69, 9.17) is 14.2 Å². The molecule has 6 heteroatoms. The Morgan fingerprint density at radius 2 is 2.17 bits per heavy atom. The van der Waals surface area contributed by atoms with Crippen molar-refractivity contribution in [2.45, 2.75) is 13.3 Å². The second kappa shape index (κ2) is 8.81. The summed E-state index contributed by atoms with van der Waals surface area (Å²) in [5.41, 5.74) is 0.772. The molecule has 0 saturated carbocycles. The fourth-order valence-corrected chi connectivity index (χ4v) is 2.08. The van der Waals surface area contributed by atoms with Gasteiger partial charge in [0.25, 0.3) is 5.91 Å². The minimum absolute atomic E-state index is 0.0538. The fourth-order valence-electron chi connectivity index (χ4n) is 2.08. The molecule has 0 atom stereocenters. The molecule has 1 heterocycles. The highest BCUT2D eigenvalue weighted by molar-refractivity contribution is 6.01. The number of rotatable bonds is 7. The van der Waals surface area contributed by atoms with Crippen molar-refractivity contribution in [1.29, 1.82) is 5.26 Å². The van der Waals surface area contributed by atoms with Crippen LogP contribution in [-0.4, -0.2) is 38.9 Å². The number of carbonyl (C=O) groups is 1. The van der Waals surface area contributed by atoms with Crippen molar-refractivity contribution in [3.8, 4) is 17.6 Å². The SMILES string of the molecule is CCOCCCNC(=O)C(C#N)=Cc1ccc2c(c1)OCCO2. The van der Waals surface area contributed by atoms with Crippen LogP contribution in [0.4, 0.5) is 0 Å². The second-order valence-electron chi connectivity index (χ2n) is 4.88. The van der Waals surface area contributed by atoms with Gasteiger partial charge in [-0.05, 0) is 37.1 Å². The van der Waals surface area contributed by atoms with Gasteiger partial charge < -0.3 is 19.5 Å². The molecular weight excluding hydrogens is 296 g/mol. The fraction of sp³-hybridized carbons (Fsp3) is 0.412. The van der Waals surface area contributed by atoms with Gasteiger partial charge in [-0.3, -0.25) is 4.79 Å². The molecule has 0 aromatic heterocycles. The zero-order valence-electron chi connectivity index (χ0n) is 13.1. The molecule has 0 radical (unpaired) electrons. The summed E-state index contributed by atoms with van der Waals surface area (Å²) in [5.74, 6) is 0.908. The molecule has 1 aromatic carbocycles. The summed E-state index contributed by atoms with van der Waals surface area (Å²) in [6.07, 6.45) is 2.25. The van der Waals surface area contributed by atoms with E-state index in [0.29, 0.717) is 50.9 Å². The summed E-state index contributed by atoms with van der Waals surface area (Å²) in [5, 5.41) is 11.9. The predicted molar refractivity (Wildman–Crippen MR) is 85.1 cm³/mol. The molecule has 6 nitrogen and oxygen atoms in total. The van der Waals surface area contributed by atoms with Crippen LogP contribution in [-0.2, 0) is 9.53 Å². The number of fused-ring (bicyclic) bond motifs is 1. The van der Waals surface area contributed by atoms with E-state index < -0.39 is 0 Å². The van der Waals surface area contributed by atoms with Crippen molar-refractivity contribution < 1.29 is 19.0 Å². The molecule has 1 amide bonds. The van der Waals surface area contributed by atoms with Crippen LogP contribution in [0.3, 0.4) is 0 Å². The van der Waals surface area contributed by atoms with Crippen LogP contribution in [0.5, 0.6) is 11.5 Å². The van der Waals surface area contributed by atoms with Gasteiger partial charge >= 0.3 is 0 Å². The average Bonchev–Trinajstić information content (AvgIpc) is 2.59. The maximum Gasteiger partial charge on any atom is 0.261 e. The number of nitrogens with zero attached hydrogens (tertiary/aromatic N) is 1. The lowest BCUT2D eigenvalue weighted by atomic mass is 10.1. The summed E-state index contributed by atoms with van der Waals surface area (Å²) in [6, 6.07) is 7.24. The molecule has 0 saturated heterocycles. The number of hydrogen-bond donors (Lipinski definition) is 1. The Bertz CT molecular complexity index is 620. The second-order valence-corrected chi connectivity index (χ2v) is 4.88. The van der Waals surface area contributed by atoms with Crippen molar-refractivity contribution in [2.75, 3.05) is 33.0 Å². The number of benzene rings is 1. The first kappa shape index (κ1) is 16.8. The zero-order valence-corrected chi connectivity index (χ0v) is 13.1. The minimum atomic E-state index is -0.390. The molecule has 1 aromatic rings. The summed E-state index contributed by atoms with van der Waals surface area (Å²) < 4.78 is 16.1. The molecule has 0 fully saturated rings. The van der Waals surface area contributed by atoms with Gasteiger partial charge in [-0.25, -0.2) is 0 Å². The molecule has 0 unspecified atom stereocenters. The number of amides is 1. The van der Waals surface area contributed by atoms with Crippen molar-refractivity contribution in [3.63, 3.8) is 0 Å². The van der Waals surface area contributed by atoms with Crippen LogP contribution in [0.25, 0.3) is 6.08 Å². The van der Waals surface area contributed by atoms with Gasteiger partial charge in [0, 0.05) is 19.8 Å². The Morgan fingerprint density at radius 1 is 1.39 bits per heavy atom. The monoisotopic (exact) mass is 316 g/mol. The minimum Gasteiger partial charge on any atom is -0.486 e. The van der Waals surface area contributed by atoms with Gasteiger partial charge in [0.2, 0.25) is 0 Å². The van der Waals surface area contributed by atoms with Gasteiger partial charge in [-0.1, -0.05) is 6.07 Å². The van der Waals surface area contributed by atoms with E-state index in [1.165, 1.54) is 6.08 Å². The first-order chi connectivity index (χ1) is 11.2. The van der Waals surface area contributed by atoms with Gasteiger partial charge in [0.1, 0.15) is 24.9 Å². The molecule has 0 bridgehead atoms. The maximum atomic E-state index is 12.0. The van der Waals surface area contributed by atoms with Crippen molar-refractivity contribution >= 4 is 12.0 Å². The van der Waals surface area contributed by atoms with E-state index in [2.05, 4.69) is 5.32 Å². The first-order valence-corrected chi connectivity index (χ1v) is 7.62. The highest BCUT2D eigenvalue weighted by atomic mass is 16.6. The lowest BCUT2D eigenvalue weighted by molar-refractivity contribution is -0.117. The number of nitrogens with one attached hydrogen (secondary N) is 1. The van der Waals surface area contributed by atoms with Crippen LogP contribution < -0.4 is 14.8 Å². The third kappa shape index (κ3) is 5.01. The van der Waals surface area contributed by atoms with E-state index in [9.17, 15) is 10.1 Å². The lowest BCUT2D eigenvalue weighted by Gasteiger charge is -2.18. The molecule has 1 aliphatic heterocycles. The third-order valence-electron chi connectivity index (χ3n) is 3.20. The topological polar surface area (TPSA) is 80.6 Å². The third-order valence-corrected chi connectivity index (χ3v) is 3.20. The van der Waals surface area contributed by atoms with Crippen LogP contribution >= 0.6 is 0 Å². The molecule has 1 aliphatic rings. The predicted octanol–water partition coefficient (Wildman–Crippen LogP) is 1.91. The summed E-state index contributed by atoms with van der Waals surface area (Å²) in [4.78, 5) is 12.0. The Labute approximate surface area is 135 Å². The Morgan fingerprint density at radius 3 is 2.91 bits per heavy atom. The Balaban J connectivity index is 1.98. The standard InChI is InChI=1S/C17H20N2O4/c1-2-21-7-3-6-19-17(20)14(12-18)10-13-4-5-15-16(11-13)23-9-8-22-15/h4-5,10-11H,2-3,6-9H2,1H3,(H,19,20). The number of nitriles is 1. The van der Waals surface area contributed by atoms with E-state index in [1.807, 2.05) is 13.0 Å². The molecule has 1 N–H and O–H groups in total. The maximum absolute atomic E-state index is 12.0. The number of hydrogen-bond acceptors (Lipinski definition) is 5. The number of carbonyl (C=O) groups excluding carboxylic acids is 1. The molecule has 0 aliphatic carbocycles. The van der Waals surface area contributed by atoms with Crippen molar-refractivity contribution in [1.82, 2.24) is 5.32 Å².